The molecular weight excluding hydrogens is 298 g/mol. The van der Waals surface area contributed by atoms with Crippen LogP contribution in [0.2, 0.25) is 19.6 Å². The van der Waals surface area contributed by atoms with Crippen LogP contribution in [0.1, 0.15) is 43.2 Å². The zero-order valence-corrected chi connectivity index (χ0v) is 16.2. The van der Waals surface area contributed by atoms with E-state index >= 15 is 0 Å². The van der Waals surface area contributed by atoms with Crippen molar-refractivity contribution in [3.05, 3.63) is 29.3 Å². The molecule has 2 aliphatic carbocycles. The van der Waals surface area contributed by atoms with Gasteiger partial charge in [-0.2, -0.15) is 0 Å². The van der Waals surface area contributed by atoms with Gasteiger partial charge in [0.05, 0.1) is 0 Å². The van der Waals surface area contributed by atoms with Crippen LogP contribution in [0, 0.1) is 5.92 Å². The quantitative estimate of drug-likeness (QED) is 0.736. The molecule has 3 aliphatic rings. The van der Waals surface area contributed by atoms with Gasteiger partial charge in [0.2, 0.25) is 8.32 Å². The average Bonchev–Trinajstić information content (AvgIpc) is 2.50. The Hall–Kier alpha value is -0.803. The maximum Gasteiger partial charge on any atom is 0.242 e. The number of rotatable bonds is 2. The summed E-state index contributed by atoms with van der Waals surface area (Å²) in [7, 11) is 0.804. The Morgan fingerprint density at radius 1 is 1.17 bits per heavy atom. The molecule has 0 aromatic heterocycles. The Morgan fingerprint density at radius 2 is 2.00 bits per heavy atom. The fourth-order valence-corrected chi connectivity index (χ4v) is 6.43. The summed E-state index contributed by atoms with van der Waals surface area (Å²) in [5, 5.41) is 0. The molecule has 2 nitrogen and oxygen atoms in total. The standard InChI is InChI=1S/C20H31NOSi/c1-21-12-11-20-10-6-5-7-17(20)19(21)13-15-8-9-16(14-18(15)20)22-23(2,3)4/h8-9,14,17,19H,5-7,10-13H2,1-4H3/t17?,19-,20-/m0/s1. The van der Waals surface area contributed by atoms with Gasteiger partial charge in [-0.15, -0.1) is 0 Å². The second-order valence-corrected chi connectivity index (χ2v) is 13.5. The smallest absolute Gasteiger partial charge is 0.242 e. The van der Waals surface area contributed by atoms with Crippen molar-refractivity contribution in [3.8, 4) is 5.75 Å². The molecule has 2 bridgehead atoms. The van der Waals surface area contributed by atoms with Gasteiger partial charge < -0.3 is 9.33 Å². The first-order chi connectivity index (χ1) is 10.9. The van der Waals surface area contributed by atoms with E-state index in [1.807, 2.05) is 0 Å². The second-order valence-electron chi connectivity index (χ2n) is 9.04. The molecule has 126 valence electrons. The van der Waals surface area contributed by atoms with E-state index in [0.29, 0.717) is 5.41 Å². The summed E-state index contributed by atoms with van der Waals surface area (Å²) in [4.78, 5) is 2.64. The van der Waals surface area contributed by atoms with Crippen molar-refractivity contribution in [2.45, 2.75) is 69.6 Å². The van der Waals surface area contributed by atoms with Crippen molar-refractivity contribution in [2.24, 2.45) is 5.92 Å². The van der Waals surface area contributed by atoms with E-state index in [4.69, 9.17) is 4.43 Å². The normalized spacial score (nSPS) is 33.7. The molecule has 1 unspecified atom stereocenters. The van der Waals surface area contributed by atoms with Gasteiger partial charge in [-0.25, -0.2) is 0 Å². The molecule has 3 heteroatoms. The van der Waals surface area contributed by atoms with Crippen molar-refractivity contribution in [2.75, 3.05) is 13.6 Å². The van der Waals surface area contributed by atoms with Crippen molar-refractivity contribution in [1.29, 1.82) is 0 Å². The summed E-state index contributed by atoms with van der Waals surface area (Å²) < 4.78 is 6.33. The Bertz CT molecular complexity index is 608. The minimum atomic E-state index is -1.54. The monoisotopic (exact) mass is 329 g/mol. The third-order valence-electron chi connectivity index (χ3n) is 6.51. The van der Waals surface area contributed by atoms with Crippen LogP contribution < -0.4 is 4.43 Å². The molecule has 1 saturated carbocycles. The SMILES string of the molecule is CN1CC[C@@]23CCCCC2[C@@H]1Cc1ccc(O[Si](C)(C)C)cc13. The molecule has 1 heterocycles. The highest BCUT2D eigenvalue weighted by molar-refractivity contribution is 6.70. The lowest BCUT2D eigenvalue weighted by Gasteiger charge is -2.58. The first-order valence-electron chi connectivity index (χ1n) is 9.42. The van der Waals surface area contributed by atoms with Gasteiger partial charge in [-0.05, 0) is 88.1 Å². The lowest BCUT2D eigenvalue weighted by molar-refractivity contribution is 0.00278. The summed E-state index contributed by atoms with van der Waals surface area (Å²) in [5.74, 6) is 1.99. The van der Waals surface area contributed by atoms with Gasteiger partial charge in [0, 0.05) is 11.5 Å². The summed E-state index contributed by atoms with van der Waals surface area (Å²) in [6.45, 7) is 8.10. The number of likely N-dealkylation sites (tertiary alicyclic amines) is 1. The molecule has 0 radical (unpaired) electrons. The molecule has 1 aliphatic heterocycles. The predicted molar refractivity (Wildman–Crippen MR) is 98.8 cm³/mol. The minimum absolute atomic E-state index is 0.446. The van der Waals surface area contributed by atoms with Crippen LogP contribution in [-0.4, -0.2) is 32.9 Å². The third kappa shape index (κ3) is 2.56. The summed E-state index contributed by atoms with van der Waals surface area (Å²) in [5.41, 5.74) is 3.70. The van der Waals surface area contributed by atoms with Gasteiger partial charge in [-0.1, -0.05) is 18.9 Å². The number of benzene rings is 1. The van der Waals surface area contributed by atoms with Crippen molar-refractivity contribution in [1.82, 2.24) is 4.90 Å². The van der Waals surface area contributed by atoms with E-state index in [1.165, 1.54) is 45.1 Å². The van der Waals surface area contributed by atoms with E-state index in [0.717, 1.165) is 17.7 Å². The van der Waals surface area contributed by atoms with E-state index in [1.54, 1.807) is 11.1 Å². The number of piperidine rings is 1. The van der Waals surface area contributed by atoms with Gasteiger partial charge >= 0.3 is 0 Å². The van der Waals surface area contributed by atoms with Gasteiger partial charge in [0.15, 0.2) is 0 Å². The molecule has 0 N–H and O–H groups in total. The first kappa shape index (κ1) is 15.7. The largest absolute Gasteiger partial charge is 0.544 e. The van der Waals surface area contributed by atoms with Crippen molar-refractivity contribution < 1.29 is 4.43 Å². The Kier molecular flexibility index (Phi) is 3.65. The third-order valence-corrected chi connectivity index (χ3v) is 7.36. The van der Waals surface area contributed by atoms with Gasteiger partial charge in [0.1, 0.15) is 5.75 Å². The lowest BCUT2D eigenvalue weighted by atomic mass is 9.52. The molecule has 1 aromatic rings. The number of fused-ring (bicyclic) bond motifs is 1. The van der Waals surface area contributed by atoms with Crippen LogP contribution in [-0.2, 0) is 11.8 Å². The second kappa shape index (κ2) is 5.35. The maximum atomic E-state index is 6.33. The number of likely N-dealkylation sites (N-methyl/N-ethyl adjacent to an activating group) is 1. The zero-order chi connectivity index (χ0) is 16.2. The average molecular weight is 330 g/mol. The summed E-state index contributed by atoms with van der Waals surface area (Å²) in [6.07, 6.45) is 8.24. The van der Waals surface area contributed by atoms with E-state index in [2.05, 4.69) is 49.8 Å². The molecule has 4 rings (SSSR count). The first-order valence-corrected chi connectivity index (χ1v) is 12.8. The highest BCUT2D eigenvalue weighted by Gasteiger charge is 2.53. The van der Waals surface area contributed by atoms with E-state index in [-0.39, 0.29) is 0 Å². The van der Waals surface area contributed by atoms with Crippen molar-refractivity contribution in [3.63, 3.8) is 0 Å². The number of nitrogens with zero attached hydrogens (tertiary/aromatic N) is 1. The van der Waals surface area contributed by atoms with Crippen molar-refractivity contribution >= 4 is 8.32 Å². The van der Waals surface area contributed by atoms with Gasteiger partial charge in [0.25, 0.3) is 0 Å². The van der Waals surface area contributed by atoms with Crippen LogP contribution in [0.3, 0.4) is 0 Å². The van der Waals surface area contributed by atoms with E-state index < -0.39 is 8.32 Å². The van der Waals surface area contributed by atoms with Crippen LogP contribution in [0.5, 0.6) is 5.75 Å². The highest BCUT2D eigenvalue weighted by atomic mass is 28.4. The van der Waals surface area contributed by atoms with E-state index in [9.17, 15) is 0 Å². The molecular formula is C20H31NOSi. The van der Waals surface area contributed by atoms with Crippen LogP contribution >= 0.6 is 0 Å². The highest BCUT2D eigenvalue weighted by Crippen LogP contribution is 2.55. The molecule has 1 saturated heterocycles. The predicted octanol–water partition coefficient (Wildman–Crippen LogP) is 4.59. The minimum Gasteiger partial charge on any atom is -0.544 e. The molecule has 1 aromatic carbocycles. The fourth-order valence-electron chi connectivity index (χ4n) is 5.59. The van der Waals surface area contributed by atoms with Crippen LogP contribution in [0.15, 0.2) is 18.2 Å². The van der Waals surface area contributed by atoms with Crippen LogP contribution in [0.4, 0.5) is 0 Å². The number of hydrogen-bond acceptors (Lipinski definition) is 2. The van der Waals surface area contributed by atoms with Crippen LogP contribution in [0.25, 0.3) is 0 Å². The molecule has 2 fully saturated rings. The Labute approximate surface area is 142 Å². The Morgan fingerprint density at radius 3 is 2.78 bits per heavy atom. The summed E-state index contributed by atoms with van der Waals surface area (Å²) >= 11 is 0. The molecule has 23 heavy (non-hydrogen) atoms. The molecule has 0 amide bonds. The molecule has 0 spiro atoms. The maximum absolute atomic E-state index is 6.33. The Balaban J connectivity index is 1.79. The lowest BCUT2D eigenvalue weighted by Crippen LogP contribution is -2.59. The molecule has 3 atom stereocenters. The summed E-state index contributed by atoms with van der Waals surface area (Å²) in [6, 6.07) is 7.81. The topological polar surface area (TPSA) is 12.5 Å². The number of hydrogen-bond donors (Lipinski definition) is 0. The fraction of sp³-hybridized carbons (Fsp3) is 0.700. The van der Waals surface area contributed by atoms with Gasteiger partial charge in [-0.3, -0.25) is 0 Å². The zero-order valence-electron chi connectivity index (χ0n) is 15.2.